The molecule has 0 nitrogen and oxygen atoms in total. The van der Waals surface area contributed by atoms with E-state index >= 15 is 0 Å². The normalized spacial score (nSPS) is 15.3. The third kappa shape index (κ3) is 3.76. The molecule has 0 fully saturated rings. The van der Waals surface area contributed by atoms with Crippen molar-refractivity contribution in [1.82, 2.24) is 0 Å². The second-order valence-electron chi connectivity index (χ2n) is 2.83. The lowest BCUT2D eigenvalue weighted by atomic mass is 9.90. The highest BCUT2D eigenvalue weighted by Gasteiger charge is 2.00. The fourth-order valence-electron chi connectivity index (χ4n) is 1.00. The van der Waals surface area contributed by atoms with Crippen molar-refractivity contribution < 1.29 is 0 Å². The van der Waals surface area contributed by atoms with Crippen LogP contribution in [-0.2, 0) is 0 Å². The molecule has 10 heavy (non-hydrogen) atoms. The Hall–Kier alpha value is -0.195. The van der Waals surface area contributed by atoms with Gasteiger partial charge in [-0.2, -0.15) is 0 Å². The summed E-state index contributed by atoms with van der Waals surface area (Å²) in [6, 6.07) is 0. The minimum atomic E-state index is 0.671. The third-order valence-corrected chi connectivity index (χ3v) is 1.90. The molecule has 0 aromatic rings. The smallest absolute Gasteiger partial charge is 0.0653 e. The molecule has 56 valence electrons. The van der Waals surface area contributed by atoms with Crippen molar-refractivity contribution in [3.8, 4) is 0 Å². The molecule has 0 spiro atoms. The zero-order valence-corrected chi connectivity index (χ0v) is 7.35. The maximum Gasteiger partial charge on any atom is 0.0653 e. The van der Waals surface area contributed by atoms with Gasteiger partial charge in [-0.25, -0.2) is 0 Å². The lowest BCUT2D eigenvalue weighted by Crippen LogP contribution is -1.95. The first-order valence-corrected chi connectivity index (χ1v) is 4.09. The minimum absolute atomic E-state index is 0.671. The molecule has 1 atom stereocenters. The monoisotopic (exact) mass is 136 g/mol. The second kappa shape index (κ2) is 5.58. The summed E-state index contributed by atoms with van der Waals surface area (Å²) in [5.41, 5.74) is 1.48. The molecular formula is C9H17B. The van der Waals surface area contributed by atoms with Gasteiger partial charge in [-0.3, -0.25) is 0 Å². The largest absolute Gasteiger partial charge is 0.0881 e. The number of hydrogen-bond acceptors (Lipinski definition) is 0. The molecule has 0 saturated carbocycles. The Balaban J connectivity index is 3.69. The first-order valence-electron chi connectivity index (χ1n) is 4.09. The van der Waals surface area contributed by atoms with E-state index in [-0.39, 0.29) is 0 Å². The van der Waals surface area contributed by atoms with Gasteiger partial charge in [0.05, 0.1) is 7.85 Å². The zero-order valence-electron chi connectivity index (χ0n) is 7.35. The molecular weight excluding hydrogens is 119 g/mol. The molecule has 1 unspecified atom stereocenters. The maximum absolute atomic E-state index is 5.44. The van der Waals surface area contributed by atoms with Crippen LogP contribution in [0.25, 0.3) is 0 Å². The van der Waals surface area contributed by atoms with Gasteiger partial charge in [-0.05, 0) is 19.3 Å². The van der Waals surface area contributed by atoms with Crippen molar-refractivity contribution >= 4 is 7.85 Å². The maximum atomic E-state index is 5.44. The summed E-state index contributed by atoms with van der Waals surface area (Å²) in [4.78, 5) is 0. The van der Waals surface area contributed by atoms with Crippen molar-refractivity contribution in [2.75, 3.05) is 0 Å². The summed E-state index contributed by atoms with van der Waals surface area (Å²) >= 11 is 0. The number of hydrogen-bond donors (Lipinski definition) is 0. The number of rotatable bonds is 4. The first-order chi connectivity index (χ1) is 4.72. The predicted octanol–water partition coefficient (Wildman–Crippen LogP) is 2.96. The van der Waals surface area contributed by atoms with Crippen LogP contribution in [0.5, 0.6) is 0 Å². The van der Waals surface area contributed by atoms with Gasteiger partial charge in [0.1, 0.15) is 0 Å². The Kier molecular flexibility index (Phi) is 5.47. The van der Waals surface area contributed by atoms with Crippen LogP contribution in [0.15, 0.2) is 11.6 Å². The highest BCUT2D eigenvalue weighted by molar-refractivity contribution is 6.08. The van der Waals surface area contributed by atoms with Gasteiger partial charge in [0, 0.05) is 0 Å². The van der Waals surface area contributed by atoms with Gasteiger partial charge in [0.25, 0.3) is 0 Å². The van der Waals surface area contributed by atoms with Crippen LogP contribution < -0.4 is 0 Å². The standard InChI is InChI=1S/C9H17B/c1-4-5-8(2)9(3)6-7-10/h5,9H,4,6-7H2,1-3H3/b8-5-. The van der Waals surface area contributed by atoms with Gasteiger partial charge >= 0.3 is 0 Å². The van der Waals surface area contributed by atoms with E-state index in [1.54, 1.807) is 0 Å². The molecule has 0 heterocycles. The average Bonchev–Trinajstić information content (AvgIpc) is 1.89. The van der Waals surface area contributed by atoms with Crippen molar-refractivity contribution in [3.63, 3.8) is 0 Å². The molecule has 2 radical (unpaired) electrons. The van der Waals surface area contributed by atoms with Crippen molar-refractivity contribution in [3.05, 3.63) is 11.6 Å². The molecule has 0 aliphatic carbocycles. The minimum Gasteiger partial charge on any atom is -0.0881 e. The van der Waals surface area contributed by atoms with Gasteiger partial charge < -0.3 is 0 Å². The van der Waals surface area contributed by atoms with Crippen molar-refractivity contribution in [2.24, 2.45) is 5.92 Å². The quantitative estimate of drug-likeness (QED) is 0.411. The fourth-order valence-corrected chi connectivity index (χ4v) is 1.00. The van der Waals surface area contributed by atoms with E-state index in [0.717, 1.165) is 19.2 Å². The van der Waals surface area contributed by atoms with Crippen LogP contribution >= 0.6 is 0 Å². The molecule has 0 amide bonds. The molecule has 0 aromatic heterocycles. The molecule has 0 aliphatic rings. The lowest BCUT2D eigenvalue weighted by molar-refractivity contribution is 0.652. The summed E-state index contributed by atoms with van der Waals surface area (Å²) in [7, 11) is 5.44. The highest BCUT2D eigenvalue weighted by atomic mass is 14.0. The third-order valence-electron chi connectivity index (χ3n) is 1.90. The Morgan fingerprint density at radius 2 is 2.20 bits per heavy atom. The van der Waals surface area contributed by atoms with E-state index in [9.17, 15) is 0 Å². The van der Waals surface area contributed by atoms with Crippen LogP contribution in [-0.4, -0.2) is 7.85 Å². The van der Waals surface area contributed by atoms with Gasteiger partial charge in [0.15, 0.2) is 0 Å². The van der Waals surface area contributed by atoms with Crippen molar-refractivity contribution in [1.29, 1.82) is 0 Å². The Labute approximate surface area is 66.1 Å². The molecule has 1 heteroatoms. The summed E-state index contributed by atoms with van der Waals surface area (Å²) in [5, 5.41) is 0. The van der Waals surface area contributed by atoms with Crippen LogP contribution in [0, 0.1) is 5.92 Å². The highest BCUT2D eigenvalue weighted by Crippen LogP contribution is 2.15. The molecule has 0 rings (SSSR count). The Bertz CT molecular complexity index is 105. The summed E-state index contributed by atoms with van der Waals surface area (Å²) in [5.74, 6) is 0.671. The van der Waals surface area contributed by atoms with E-state index in [0.29, 0.717) is 5.92 Å². The summed E-state index contributed by atoms with van der Waals surface area (Å²) in [6.07, 6.45) is 5.33. The summed E-state index contributed by atoms with van der Waals surface area (Å²) < 4.78 is 0. The molecule has 0 saturated heterocycles. The van der Waals surface area contributed by atoms with Gasteiger partial charge in [-0.1, -0.05) is 38.2 Å². The van der Waals surface area contributed by atoms with Gasteiger partial charge in [0.2, 0.25) is 0 Å². The van der Waals surface area contributed by atoms with Crippen LogP contribution in [0.2, 0.25) is 6.32 Å². The number of allylic oxidation sites excluding steroid dienone is 2. The first kappa shape index (κ1) is 9.80. The summed E-state index contributed by atoms with van der Waals surface area (Å²) in [6.45, 7) is 6.58. The van der Waals surface area contributed by atoms with E-state index in [2.05, 4.69) is 26.8 Å². The van der Waals surface area contributed by atoms with Crippen LogP contribution in [0.4, 0.5) is 0 Å². The molecule has 0 aliphatic heterocycles. The Morgan fingerprint density at radius 1 is 1.60 bits per heavy atom. The van der Waals surface area contributed by atoms with E-state index in [1.807, 2.05) is 0 Å². The lowest BCUT2D eigenvalue weighted by Gasteiger charge is -2.09. The van der Waals surface area contributed by atoms with Crippen molar-refractivity contribution in [2.45, 2.75) is 39.9 Å². The second-order valence-corrected chi connectivity index (χ2v) is 2.83. The van der Waals surface area contributed by atoms with E-state index in [4.69, 9.17) is 7.85 Å². The van der Waals surface area contributed by atoms with E-state index < -0.39 is 0 Å². The fraction of sp³-hybridized carbons (Fsp3) is 0.778. The van der Waals surface area contributed by atoms with Crippen LogP contribution in [0.1, 0.15) is 33.6 Å². The Morgan fingerprint density at radius 3 is 2.60 bits per heavy atom. The predicted molar refractivity (Wildman–Crippen MR) is 48.4 cm³/mol. The van der Waals surface area contributed by atoms with E-state index in [1.165, 1.54) is 5.57 Å². The average molecular weight is 136 g/mol. The van der Waals surface area contributed by atoms with Gasteiger partial charge in [-0.15, -0.1) is 0 Å². The topological polar surface area (TPSA) is 0 Å². The molecule has 0 aromatic carbocycles. The zero-order chi connectivity index (χ0) is 7.98. The SMILES string of the molecule is [B]CCC(C)/C(C)=C\CC. The molecule has 0 N–H and O–H groups in total. The molecule has 0 bridgehead atoms. The van der Waals surface area contributed by atoms with Crippen LogP contribution in [0.3, 0.4) is 0 Å².